The van der Waals surface area contributed by atoms with Crippen LogP contribution in [0.1, 0.15) is 26.2 Å². The lowest BCUT2D eigenvalue weighted by Gasteiger charge is -2.17. The Labute approximate surface area is 143 Å². The van der Waals surface area contributed by atoms with Gasteiger partial charge in [-0.25, -0.2) is 17.1 Å². The summed E-state index contributed by atoms with van der Waals surface area (Å²) in [6, 6.07) is 4.69. The summed E-state index contributed by atoms with van der Waals surface area (Å²) in [7, 11) is -2.21. The van der Waals surface area contributed by atoms with E-state index >= 15 is 0 Å². The maximum absolute atomic E-state index is 12.9. The van der Waals surface area contributed by atoms with E-state index in [9.17, 15) is 17.6 Å². The van der Waals surface area contributed by atoms with Gasteiger partial charge in [-0.15, -0.1) is 0 Å². The van der Waals surface area contributed by atoms with E-state index in [2.05, 4.69) is 17.6 Å². The van der Waals surface area contributed by atoms with Gasteiger partial charge in [0.1, 0.15) is 5.82 Å². The topological polar surface area (TPSA) is 78.5 Å². The molecule has 24 heavy (non-hydrogen) atoms. The highest BCUT2D eigenvalue weighted by atomic mass is 32.2. The van der Waals surface area contributed by atoms with E-state index in [0.29, 0.717) is 13.0 Å². The van der Waals surface area contributed by atoms with Crippen molar-refractivity contribution in [2.24, 2.45) is 0 Å². The molecule has 0 bridgehead atoms. The quantitative estimate of drug-likeness (QED) is 0.585. The van der Waals surface area contributed by atoms with Crippen molar-refractivity contribution in [3.05, 3.63) is 30.1 Å². The molecule has 0 unspecified atom stereocenters. The van der Waals surface area contributed by atoms with E-state index < -0.39 is 15.8 Å². The zero-order valence-corrected chi connectivity index (χ0v) is 15.0. The number of sulfonamides is 1. The van der Waals surface area contributed by atoms with E-state index in [1.54, 1.807) is 0 Å². The second kappa shape index (κ2) is 10.4. The number of nitrogens with one attached hydrogen (secondary N) is 2. The van der Waals surface area contributed by atoms with E-state index in [-0.39, 0.29) is 23.8 Å². The summed E-state index contributed by atoms with van der Waals surface area (Å²) in [5.41, 5.74) is 0. The third-order valence-corrected chi connectivity index (χ3v) is 5.32. The van der Waals surface area contributed by atoms with Gasteiger partial charge in [-0.1, -0.05) is 6.92 Å². The van der Waals surface area contributed by atoms with Gasteiger partial charge < -0.3 is 10.6 Å². The van der Waals surface area contributed by atoms with Crippen molar-refractivity contribution in [3.8, 4) is 0 Å². The SMILES string of the molecule is CCCNCCNC(=O)CCCN(C)S(=O)(=O)c1ccc(F)cc1. The molecule has 0 saturated carbocycles. The maximum atomic E-state index is 12.9. The molecular weight excluding hydrogens is 333 g/mol. The molecule has 0 aromatic heterocycles. The zero-order valence-electron chi connectivity index (χ0n) is 14.2. The average Bonchev–Trinajstić information content (AvgIpc) is 2.55. The largest absolute Gasteiger partial charge is 0.355 e. The van der Waals surface area contributed by atoms with Crippen LogP contribution in [-0.2, 0) is 14.8 Å². The minimum atomic E-state index is -3.66. The molecule has 0 spiro atoms. The highest BCUT2D eigenvalue weighted by Gasteiger charge is 2.20. The summed E-state index contributed by atoms with van der Waals surface area (Å²) in [6.07, 6.45) is 1.73. The van der Waals surface area contributed by atoms with Crippen molar-refractivity contribution < 1.29 is 17.6 Å². The van der Waals surface area contributed by atoms with Crippen LogP contribution in [0.5, 0.6) is 0 Å². The number of carbonyl (C=O) groups is 1. The van der Waals surface area contributed by atoms with E-state index in [1.165, 1.54) is 23.5 Å². The van der Waals surface area contributed by atoms with Crippen LogP contribution >= 0.6 is 0 Å². The van der Waals surface area contributed by atoms with Gasteiger partial charge in [0, 0.05) is 33.1 Å². The Morgan fingerprint density at radius 1 is 1.17 bits per heavy atom. The molecule has 0 aliphatic carbocycles. The van der Waals surface area contributed by atoms with Crippen LogP contribution in [0.25, 0.3) is 0 Å². The first-order chi connectivity index (χ1) is 11.4. The number of benzene rings is 1. The second-order valence-electron chi connectivity index (χ2n) is 5.48. The predicted octanol–water partition coefficient (Wildman–Crippen LogP) is 1.34. The van der Waals surface area contributed by atoms with Gasteiger partial charge in [-0.2, -0.15) is 0 Å². The average molecular weight is 359 g/mol. The standard InChI is InChI=1S/C16H26FN3O3S/c1-3-10-18-11-12-19-16(21)5-4-13-20(2)24(22,23)15-8-6-14(17)7-9-15/h6-9,18H,3-5,10-13H2,1-2H3,(H,19,21). The summed E-state index contributed by atoms with van der Waals surface area (Å²) in [5.74, 6) is -0.581. The minimum absolute atomic E-state index is 0.0397. The van der Waals surface area contributed by atoms with Gasteiger partial charge in [0.2, 0.25) is 15.9 Å². The first kappa shape index (κ1) is 20.5. The van der Waals surface area contributed by atoms with E-state index in [4.69, 9.17) is 0 Å². The Bertz CT molecular complexity index is 605. The number of halogens is 1. The van der Waals surface area contributed by atoms with Crippen molar-refractivity contribution in [1.29, 1.82) is 0 Å². The maximum Gasteiger partial charge on any atom is 0.242 e. The van der Waals surface area contributed by atoms with Crippen molar-refractivity contribution in [1.82, 2.24) is 14.9 Å². The fourth-order valence-corrected chi connectivity index (χ4v) is 3.26. The van der Waals surface area contributed by atoms with Gasteiger partial charge in [-0.05, 0) is 43.7 Å². The molecule has 0 aliphatic rings. The number of amides is 1. The van der Waals surface area contributed by atoms with Gasteiger partial charge in [-0.3, -0.25) is 4.79 Å². The molecule has 1 aromatic carbocycles. The Kier molecular flexibility index (Phi) is 8.88. The first-order valence-electron chi connectivity index (χ1n) is 8.07. The minimum Gasteiger partial charge on any atom is -0.355 e. The van der Waals surface area contributed by atoms with Crippen molar-refractivity contribution >= 4 is 15.9 Å². The molecule has 0 fully saturated rings. The third kappa shape index (κ3) is 6.94. The summed E-state index contributed by atoms with van der Waals surface area (Å²) >= 11 is 0. The molecule has 0 saturated heterocycles. The van der Waals surface area contributed by atoms with Crippen LogP contribution in [0.2, 0.25) is 0 Å². The molecular formula is C16H26FN3O3S. The molecule has 6 nitrogen and oxygen atoms in total. The zero-order chi connectivity index (χ0) is 18.0. The summed E-state index contributed by atoms with van der Waals surface area (Å²) in [4.78, 5) is 11.7. The highest BCUT2D eigenvalue weighted by molar-refractivity contribution is 7.89. The number of hydrogen-bond donors (Lipinski definition) is 2. The molecule has 136 valence electrons. The van der Waals surface area contributed by atoms with Crippen LogP contribution in [0.4, 0.5) is 4.39 Å². The first-order valence-corrected chi connectivity index (χ1v) is 9.51. The van der Waals surface area contributed by atoms with Gasteiger partial charge in [0.15, 0.2) is 0 Å². The highest BCUT2D eigenvalue weighted by Crippen LogP contribution is 2.15. The normalized spacial score (nSPS) is 11.7. The van der Waals surface area contributed by atoms with Gasteiger partial charge in [0.05, 0.1) is 4.90 Å². The van der Waals surface area contributed by atoms with Crippen LogP contribution < -0.4 is 10.6 Å². The molecule has 0 aliphatic heterocycles. The van der Waals surface area contributed by atoms with Crippen LogP contribution in [0.15, 0.2) is 29.2 Å². The number of nitrogens with zero attached hydrogens (tertiary/aromatic N) is 1. The monoisotopic (exact) mass is 359 g/mol. The van der Waals surface area contributed by atoms with Crippen LogP contribution in [0, 0.1) is 5.82 Å². The Hall–Kier alpha value is -1.51. The Morgan fingerprint density at radius 2 is 1.83 bits per heavy atom. The summed E-state index contributed by atoms with van der Waals surface area (Å²) < 4.78 is 38.6. The van der Waals surface area contributed by atoms with Gasteiger partial charge >= 0.3 is 0 Å². The van der Waals surface area contributed by atoms with Crippen molar-refractivity contribution in [2.75, 3.05) is 33.2 Å². The van der Waals surface area contributed by atoms with Crippen molar-refractivity contribution in [2.45, 2.75) is 31.1 Å². The number of hydrogen-bond acceptors (Lipinski definition) is 4. The molecule has 0 radical (unpaired) electrons. The third-order valence-electron chi connectivity index (χ3n) is 3.45. The molecule has 2 N–H and O–H groups in total. The van der Waals surface area contributed by atoms with Crippen LogP contribution in [0.3, 0.4) is 0 Å². The Morgan fingerprint density at radius 3 is 2.46 bits per heavy atom. The number of carbonyl (C=O) groups excluding carboxylic acids is 1. The fourth-order valence-electron chi connectivity index (χ4n) is 2.05. The molecule has 1 rings (SSSR count). The predicted molar refractivity (Wildman–Crippen MR) is 91.6 cm³/mol. The second-order valence-corrected chi connectivity index (χ2v) is 7.53. The molecule has 0 heterocycles. The fraction of sp³-hybridized carbons (Fsp3) is 0.562. The summed E-state index contributed by atoms with van der Waals surface area (Å²) in [5, 5.41) is 5.96. The van der Waals surface area contributed by atoms with Gasteiger partial charge in [0.25, 0.3) is 0 Å². The lowest BCUT2D eigenvalue weighted by molar-refractivity contribution is -0.121. The lowest BCUT2D eigenvalue weighted by Crippen LogP contribution is -2.33. The molecule has 1 amide bonds. The van der Waals surface area contributed by atoms with Crippen LogP contribution in [-0.4, -0.2) is 51.9 Å². The summed E-state index contributed by atoms with van der Waals surface area (Å²) in [6.45, 7) is 4.49. The van der Waals surface area contributed by atoms with Crippen molar-refractivity contribution in [3.63, 3.8) is 0 Å². The molecule has 8 heteroatoms. The molecule has 0 atom stereocenters. The van der Waals surface area contributed by atoms with E-state index in [0.717, 1.165) is 31.6 Å². The molecule has 1 aromatic rings. The number of rotatable bonds is 11. The smallest absolute Gasteiger partial charge is 0.242 e. The Balaban J connectivity index is 2.33. The lowest BCUT2D eigenvalue weighted by atomic mass is 10.3. The van der Waals surface area contributed by atoms with E-state index in [1.807, 2.05) is 0 Å².